The van der Waals surface area contributed by atoms with Gasteiger partial charge in [-0.25, -0.2) is 14.2 Å². The summed E-state index contributed by atoms with van der Waals surface area (Å²) in [5.74, 6) is -1.74. The highest BCUT2D eigenvalue weighted by Gasteiger charge is 2.45. The number of anilines is 1. The number of hydrogen-bond donors (Lipinski definition) is 0. The Morgan fingerprint density at radius 3 is 2.41 bits per heavy atom. The fraction of sp³-hybridized carbons (Fsp3) is 0.0909. The van der Waals surface area contributed by atoms with E-state index < -0.39 is 17.8 Å². The molecule has 142 valence electrons. The quantitative estimate of drug-likeness (QED) is 0.398. The van der Waals surface area contributed by atoms with Crippen molar-refractivity contribution in [2.45, 2.75) is 6.92 Å². The van der Waals surface area contributed by atoms with Crippen molar-refractivity contribution in [1.82, 2.24) is 9.61 Å². The summed E-state index contributed by atoms with van der Waals surface area (Å²) in [6.45, 7) is 1.82. The van der Waals surface area contributed by atoms with Crippen LogP contribution >= 0.6 is 0 Å². The molecule has 2 aromatic carbocycles. The average molecular weight is 385 g/mol. The van der Waals surface area contributed by atoms with Crippen LogP contribution < -0.4 is 4.90 Å². The number of rotatable bonds is 3. The molecule has 0 spiro atoms. The summed E-state index contributed by atoms with van der Waals surface area (Å²) < 4.78 is 6.52. The fourth-order valence-electron chi connectivity index (χ4n) is 3.80. The lowest BCUT2D eigenvalue weighted by molar-refractivity contribution is 0.0513. The number of fused-ring (bicyclic) bond motifs is 5. The molecule has 1 aliphatic heterocycles. The van der Waals surface area contributed by atoms with Crippen molar-refractivity contribution in [2.75, 3.05) is 11.5 Å². The van der Waals surface area contributed by atoms with E-state index >= 15 is 0 Å². The second-order valence-electron chi connectivity index (χ2n) is 6.59. The van der Waals surface area contributed by atoms with Gasteiger partial charge in [0.1, 0.15) is 0 Å². The Labute approximate surface area is 165 Å². The molecule has 7 heteroatoms. The van der Waals surface area contributed by atoms with Gasteiger partial charge in [0, 0.05) is 10.8 Å². The third kappa shape index (κ3) is 2.30. The summed E-state index contributed by atoms with van der Waals surface area (Å²) in [7, 11) is 0. The predicted molar refractivity (Wildman–Crippen MR) is 106 cm³/mol. The standard InChI is InChI=1S/C22H15N3O4/c1-2-29-22(28)19-17-16(18-15-11-7-6-8-13(15)12-23-25(18)19)20(26)24(21(17)27)14-9-4-3-5-10-14/h3-12H,2H2,1H3. The SMILES string of the molecule is CCOC(=O)c1c2c(c3c4ccccc4cnn13)C(=O)N(c1ccccc1)C2=O. The van der Waals surface area contributed by atoms with E-state index in [1.165, 1.54) is 4.52 Å². The number of benzene rings is 2. The van der Waals surface area contributed by atoms with Crippen LogP contribution in [0.15, 0.2) is 60.8 Å². The average Bonchev–Trinajstić information content (AvgIpc) is 3.22. The number of para-hydroxylation sites is 1. The zero-order valence-electron chi connectivity index (χ0n) is 15.5. The minimum absolute atomic E-state index is 0.0283. The monoisotopic (exact) mass is 385 g/mol. The van der Waals surface area contributed by atoms with Crippen LogP contribution in [0.4, 0.5) is 5.69 Å². The number of nitrogens with zero attached hydrogens (tertiary/aromatic N) is 3. The largest absolute Gasteiger partial charge is 0.461 e. The maximum absolute atomic E-state index is 13.4. The molecule has 3 heterocycles. The van der Waals surface area contributed by atoms with E-state index in [1.807, 2.05) is 24.3 Å². The van der Waals surface area contributed by atoms with Gasteiger partial charge in [-0.1, -0.05) is 42.5 Å². The number of carbonyl (C=O) groups excluding carboxylic acids is 3. The van der Waals surface area contributed by atoms with E-state index in [0.717, 1.165) is 15.7 Å². The Bertz CT molecular complexity index is 1320. The Morgan fingerprint density at radius 1 is 0.966 bits per heavy atom. The Hall–Kier alpha value is -4.00. The molecule has 0 atom stereocenters. The molecular weight excluding hydrogens is 370 g/mol. The fourth-order valence-corrected chi connectivity index (χ4v) is 3.80. The zero-order valence-corrected chi connectivity index (χ0v) is 15.5. The van der Waals surface area contributed by atoms with Crippen LogP contribution in [-0.4, -0.2) is 34.0 Å². The number of esters is 1. The lowest BCUT2D eigenvalue weighted by Gasteiger charge is -2.15. The van der Waals surface area contributed by atoms with E-state index in [1.54, 1.807) is 43.5 Å². The first-order valence-electron chi connectivity index (χ1n) is 9.17. The summed E-state index contributed by atoms with van der Waals surface area (Å²) >= 11 is 0. The Morgan fingerprint density at radius 2 is 1.66 bits per heavy atom. The number of imide groups is 1. The van der Waals surface area contributed by atoms with Crippen molar-refractivity contribution < 1.29 is 19.1 Å². The number of carbonyl (C=O) groups is 3. The molecule has 0 saturated carbocycles. The van der Waals surface area contributed by atoms with Crippen molar-refractivity contribution in [3.8, 4) is 0 Å². The lowest BCUT2D eigenvalue weighted by Crippen LogP contribution is -2.31. The highest BCUT2D eigenvalue weighted by Crippen LogP contribution is 2.37. The van der Waals surface area contributed by atoms with Crippen molar-refractivity contribution in [3.63, 3.8) is 0 Å². The van der Waals surface area contributed by atoms with Crippen LogP contribution in [0.2, 0.25) is 0 Å². The molecule has 7 nitrogen and oxygen atoms in total. The van der Waals surface area contributed by atoms with Crippen LogP contribution in [0.1, 0.15) is 38.1 Å². The summed E-state index contributed by atoms with van der Waals surface area (Å²) in [5, 5.41) is 5.86. The molecule has 5 rings (SSSR count). The van der Waals surface area contributed by atoms with Gasteiger partial charge in [-0.3, -0.25) is 9.59 Å². The molecule has 2 amide bonds. The lowest BCUT2D eigenvalue weighted by atomic mass is 10.1. The van der Waals surface area contributed by atoms with Crippen molar-refractivity contribution in [1.29, 1.82) is 0 Å². The van der Waals surface area contributed by atoms with Crippen LogP contribution in [0.3, 0.4) is 0 Å². The molecule has 1 aliphatic rings. The molecule has 0 aliphatic carbocycles. The van der Waals surface area contributed by atoms with Gasteiger partial charge in [-0.2, -0.15) is 5.10 Å². The van der Waals surface area contributed by atoms with Gasteiger partial charge < -0.3 is 4.74 Å². The molecule has 0 unspecified atom stereocenters. The highest BCUT2D eigenvalue weighted by molar-refractivity contribution is 6.39. The first kappa shape index (κ1) is 17.1. The van der Waals surface area contributed by atoms with Crippen molar-refractivity contribution >= 4 is 39.8 Å². The third-order valence-electron chi connectivity index (χ3n) is 4.99. The molecular formula is C22H15N3O4. The summed E-state index contributed by atoms with van der Waals surface area (Å²) in [6.07, 6.45) is 1.60. The minimum atomic E-state index is -0.692. The van der Waals surface area contributed by atoms with Crippen LogP contribution in [0.25, 0.3) is 16.3 Å². The molecule has 0 fully saturated rings. The molecule has 2 aromatic heterocycles. The van der Waals surface area contributed by atoms with E-state index in [2.05, 4.69) is 5.10 Å². The zero-order chi connectivity index (χ0) is 20.1. The summed E-state index contributed by atoms with van der Waals surface area (Å²) in [4.78, 5) is 40.5. The number of amides is 2. The molecule has 29 heavy (non-hydrogen) atoms. The Balaban J connectivity index is 1.87. The highest BCUT2D eigenvalue weighted by atomic mass is 16.5. The number of hydrogen-bond acceptors (Lipinski definition) is 5. The van der Waals surface area contributed by atoms with Crippen molar-refractivity contribution in [3.05, 3.63) is 77.6 Å². The molecule has 0 radical (unpaired) electrons. The predicted octanol–water partition coefficient (Wildman–Crippen LogP) is 3.46. The number of ether oxygens (including phenoxy) is 1. The van der Waals surface area contributed by atoms with Gasteiger partial charge in [0.2, 0.25) is 0 Å². The van der Waals surface area contributed by atoms with Gasteiger partial charge in [0.15, 0.2) is 5.69 Å². The van der Waals surface area contributed by atoms with E-state index in [9.17, 15) is 14.4 Å². The first-order valence-corrected chi connectivity index (χ1v) is 9.17. The first-order chi connectivity index (χ1) is 14.1. The van der Waals surface area contributed by atoms with E-state index in [-0.39, 0.29) is 23.4 Å². The number of aromatic nitrogens is 2. The van der Waals surface area contributed by atoms with Gasteiger partial charge in [-0.15, -0.1) is 0 Å². The molecule has 0 bridgehead atoms. The van der Waals surface area contributed by atoms with Gasteiger partial charge in [0.05, 0.1) is 35.1 Å². The van der Waals surface area contributed by atoms with Crippen LogP contribution in [0, 0.1) is 0 Å². The second-order valence-corrected chi connectivity index (χ2v) is 6.59. The maximum atomic E-state index is 13.4. The molecule has 0 saturated heterocycles. The molecule has 0 N–H and O–H groups in total. The van der Waals surface area contributed by atoms with Crippen LogP contribution in [-0.2, 0) is 4.74 Å². The van der Waals surface area contributed by atoms with E-state index in [0.29, 0.717) is 11.2 Å². The topological polar surface area (TPSA) is 81.0 Å². The normalized spacial score (nSPS) is 13.3. The van der Waals surface area contributed by atoms with Crippen LogP contribution in [0.5, 0.6) is 0 Å². The minimum Gasteiger partial charge on any atom is -0.461 e. The maximum Gasteiger partial charge on any atom is 0.357 e. The third-order valence-corrected chi connectivity index (χ3v) is 4.99. The van der Waals surface area contributed by atoms with Gasteiger partial charge >= 0.3 is 5.97 Å². The van der Waals surface area contributed by atoms with Gasteiger partial charge in [-0.05, 0) is 19.1 Å². The second kappa shape index (κ2) is 6.27. The van der Waals surface area contributed by atoms with E-state index in [4.69, 9.17) is 4.74 Å². The summed E-state index contributed by atoms with van der Waals surface area (Å²) in [6, 6.07) is 16.0. The van der Waals surface area contributed by atoms with Gasteiger partial charge in [0.25, 0.3) is 11.8 Å². The smallest absolute Gasteiger partial charge is 0.357 e. The van der Waals surface area contributed by atoms with Crippen molar-refractivity contribution in [2.24, 2.45) is 0 Å². The summed E-state index contributed by atoms with van der Waals surface area (Å²) in [5.41, 5.74) is 1.05. The molecule has 4 aromatic rings. The Kier molecular flexibility index (Phi) is 3.70.